The van der Waals surface area contributed by atoms with Gasteiger partial charge in [-0.05, 0) is 49.5 Å². The number of allylic oxidation sites excluding steroid dienone is 3. The summed E-state index contributed by atoms with van der Waals surface area (Å²) >= 11 is 0. The predicted octanol–water partition coefficient (Wildman–Crippen LogP) is 3.42. The van der Waals surface area contributed by atoms with E-state index in [2.05, 4.69) is 23.0 Å². The fraction of sp³-hybridized carbons (Fsp3) is 0.375. The summed E-state index contributed by atoms with van der Waals surface area (Å²) in [6.07, 6.45) is 7.37. The highest BCUT2D eigenvalue weighted by molar-refractivity contribution is 5.75. The number of methoxy groups -OCH3 is 1. The number of rotatable bonds is 3. The predicted molar refractivity (Wildman–Crippen MR) is 122 cm³/mol. The first-order chi connectivity index (χ1) is 15.7. The Bertz CT molecular complexity index is 1300. The SMILES string of the molecule is COC1=C2N(C)c3ccc([N+](=O)[O-])cc3C2(C)C(C2(C#N)CCc3nc(N)ncc3C2)C=C1. The number of nitrogen functional groups attached to an aromatic ring is 1. The van der Waals surface area contributed by atoms with Crippen molar-refractivity contribution in [1.82, 2.24) is 9.97 Å². The van der Waals surface area contributed by atoms with Crippen LogP contribution in [-0.4, -0.2) is 29.0 Å². The molecule has 2 aromatic rings. The van der Waals surface area contributed by atoms with E-state index in [0.717, 1.165) is 28.2 Å². The Labute approximate surface area is 191 Å². The van der Waals surface area contributed by atoms with Gasteiger partial charge >= 0.3 is 0 Å². The van der Waals surface area contributed by atoms with Crippen LogP contribution in [0.1, 0.15) is 30.2 Å². The number of hydrogen-bond acceptors (Lipinski definition) is 8. The second kappa shape index (κ2) is 7.04. The molecule has 3 aliphatic rings. The average molecular weight is 444 g/mol. The summed E-state index contributed by atoms with van der Waals surface area (Å²) in [5.74, 6) is 0.673. The molecule has 1 aromatic carbocycles. The van der Waals surface area contributed by atoms with Gasteiger partial charge in [0.15, 0.2) is 0 Å². The number of anilines is 2. The van der Waals surface area contributed by atoms with Gasteiger partial charge in [-0.2, -0.15) is 5.26 Å². The van der Waals surface area contributed by atoms with Crippen molar-refractivity contribution in [2.75, 3.05) is 24.8 Å². The number of aryl methyl sites for hydroxylation is 1. The van der Waals surface area contributed by atoms with Crippen LogP contribution in [0.15, 0.2) is 48.0 Å². The number of nitro benzene ring substituents is 1. The molecule has 9 nitrogen and oxygen atoms in total. The molecule has 3 atom stereocenters. The molecule has 3 unspecified atom stereocenters. The minimum absolute atomic E-state index is 0.0285. The Morgan fingerprint density at radius 3 is 2.91 bits per heavy atom. The molecule has 0 fully saturated rings. The molecule has 0 bridgehead atoms. The van der Waals surface area contributed by atoms with Crippen LogP contribution in [0.2, 0.25) is 0 Å². The van der Waals surface area contributed by atoms with E-state index in [0.29, 0.717) is 25.0 Å². The van der Waals surface area contributed by atoms with Crippen molar-refractivity contribution >= 4 is 17.3 Å². The second-order valence-corrected chi connectivity index (χ2v) is 9.12. The second-order valence-electron chi connectivity index (χ2n) is 9.12. The van der Waals surface area contributed by atoms with Crippen LogP contribution in [-0.2, 0) is 23.0 Å². The third kappa shape index (κ3) is 2.76. The molecule has 9 heteroatoms. The van der Waals surface area contributed by atoms with Crippen LogP contribution in [0.5, 0.6) is 0 Å². The number of ether oxygens (including phenoxy) is 1. The van der Waals surface area contributed by atoms with Crippen LogP contribution in [0, 0.1) is 32.8 Å². The van der Waals surface area contributed by atoms with E-state index in [-0.39, 0.29) is 22.5 Å². The maximum absolute atomic E-state index is 11.6. The van der Waals surface area contributed by atoms with Crippen molar-refractivity contribution in [3.63, 3.8) is 0 Å². The first kappa shape index (κ1) is 20.9. The Balaban J connectivity index is 1.71. The van der Waals surface area contributed by atoms with Gasteiger partial charge in [0.05, 0.1) is 29.2 Å². The largest absolute Gasteiger partial charge is 0.495 e. The van der Waals surface area contributed by atoms with Gasteiger partial charge in [0, 0.05) is 48.1 Å². The number of likely N-dealkylation sites (N-methyl/N-ethyl adjacent to an activating group) is 1. The monoisotopic (exact) mass is 444 g/mol. The molecule has 0 saturated carbocycles. The van der Waals surface area contributed by atoms with Crippen molar-refractivity contribution in [2.45, 2.75) is 31.6 Å². The number of nitro groups is 1. The lowest BCUT2D eigenvalue weighted by Gasteiger charge is -2.47. The number of nitrogens with zero attached hydrogens (tertiary/aromatic N) is 5. The van der Waals surface area contributed by atoms with Crippen LogP contribution < -0.4 is 10.6 Å². The fourth-order valence-corrected chi connectivity index (χ4v) is 6.06. The van der Waals surface area contributed by atoms with Gasteiger partial charge in [-0.3, -0.25) is 10.1 Å². The highest BCUT2D eigenvalue weighted by atomic mass is 16.6. The van der Waals surface area contributed by atoms with E-state index in [9.17, 15) is 15.4 Å². The molecular formula is C24H24N6O3. The highest BCUT2D eigenvalue weighted by Crippen LogP contribution is 2.61. The van der Waals surface area contributed by atoms with Crippen molar-refractivity contribution in [3.8, 4) is 6.07 Å². The summed E-state index contributed by atoms with van der Waals surface area (Å²) in [4.78, 5) is 21.8. The maximum Gasteiger partial charge on any atom is 0.269 e. The summed E-state index contributed by atoms with van der Waals surface area (Å²) in [5.41, 5.74) is 8.76. The van der Waals surface area contributed by atoms with Gasteiger partial charge in [0.2, 0.25) is 5.95 Å². The normalized spacial score (nSPS) is 27.5. The smallest absolute Gasteiger partial charge is 0.269 e. The molecule has 0 radical (unpaired) electrons. The number of nitriles is 1. The molecule has 0 spiro atoms. The van der Waals surface area contributed by atoms with Crippen LogP contribution >= 0.6 is 0 Å². The minimum atomic E-state index is -0.755. The van der Waals surface area contributed by atoms with Crippen LogP contribution in [0.4, 0.5) is 17.3 Å². The van der Waals surface area contributed by atoms with Gasteiger partial charge < -0.3 is 15.4 Å². The van der Waals surface area contributed by atoms with Gasteiger partial charge in [0.25, 0.3) is 5.69 Å². The summed E-state index contributed by atoms with van der Waals surface area (Å²) in [5, 5.41) is 22.2. The zero-order chi connectivity index (χ0) is 23.5. The third-order valence-corrected chi connectivity index (χ3v) is 7.56. The van der Waals surface area contributed by atoms with Crippen LogP contribution in [0.25, 0.3) is 0 Å². The van der Waals surface area contributed by atoms with E-state index in [1.54, 1.807) is 25.4 Å². The molecule has 2 N–H and O–H groups in total. The van der Waals surface area contributed by atoms with Crippen molar-refractivity contribution in [3.05, 3.63) is 74.9 Å². The van der Waals surface area contributed by atoms with E-state index in [1.807, 2.05) is 24.1 Å². The Kier molecular flexibility index (Phi) is 4.47. The summed E-state index contributed by atoms with van der Waals surface area (Å²) in [6, 6.07) is 7.58. The zero-order valence-electron chi connectivity index (χ0n) is 18.7. The molecule has 0 amide bonds. The first-order valence-electron chi connectivity index (χ1n) is 10.8. The van der Waals surface area contributed by atoms with Crippen molar-refractivity contribution in [1.29, 1.82) is 5.26 Å². The number of nitrogens with two attached hydrogens (primary N) is 1. The topological polar surface area (TPSA) is 131 Å². The van der Waals surface area contributed by atoms with E-state index in [1.165, 1.54) is 6.07 Å². The number of fused-ring (bicyclic) bond motifs is 4. The number of benzene rings is 1. The number of non-ortho nitro benzene ring substituents is 1. The van der Waals surface area contributed by atoms with Gasteiger partial charge in [0.1, 0.15) is 5.76 Å². The van der Waals surface area contributed by atoms with Crippen LogP contribution in [0.3, 0.4) is 0 Å². The van der Waals surface area contributed by atoms with Gasteiger partial charge in [-0.25, -0.2) is 9.97 Å². The molecule has 1 aromatic heterocycles. The lowest BCUT2D eigenvalue weighted by Crippen LogP contribution is -2.48. The standard InChI is InChI=1S/C24H24N6O3/c1-23-16-10-15(30(31)32)4-5-18(16)29(2)21(23)19(33-3)6-7-20(23)24(13-25)9-8-17-14(11-24)12-27-22(26)28-17/h4-7,10,12,20H,8-9,11H2,1-3H3,(H2,26,27,28). The highest BCUT2D eigenvalue weighted by Gasteiger charge is 2.58. The first-order valence-corrected chi connectivity index (χ1v) is 10.8. The quantitative estimate of drug-likeness (QED) is 0.563. The molecule has 0 saturated heterocycles. The Morgan fingerprint density at radius 1 is 1.42 bits per heavy atom. The van der Waals surface area contributed by atoms with E-state index >= 15 is 0 Å². The molecule has 168 valence electrons. The molecule has 2 aliphatic carbocycles. The summed E-state index contributed by atoms with van der Waals surface area (Å²) in [7, 11) is 3.55. The molecule has 1 aliphatic heterocycles. The lowest BCUT2D eigenvalue weighted by atomic mass is 9.54. The van der Waals surface area contributed by atoms with Gasteiger partial charge in [-0.1, -0.05) is 6.08 Å². The Hall–Kier alpha value is -3.93. The van der Waals surface area contributed by atoms with E-state index < -0.39 is 10.8 Å². The Morgan fingerprint density at radius 2 is 2.21 bits per heavy atom. The summed E-state index contributed by atoms with van der Waals surface area (Å²) in [6.45, 7) is 2.07. The minimum Gasteiger partial charge on any atom is -0.495 e. The molecular weight excluding hydrogens is 420 g/mol. The average Bonchev–Trinajstić information content (AvgIpc) is 3.05. The molecule has 33 heavy (non-hydrogen) atoms. The number of hydrogen-bond donors (Lipinski definition) is 1. The maximum atomic E-state index is 11.6. The number of aromatic nitrogens is 2. The fourth-order valence-electron chi connectivity index (χ4n) is 6.06. The van der Waals surface area contributed by atoms with E-state index in [4.69, 9.17) is 10.5 Å². The lowest BCUT2D eigenvalue weighted by molar-refractivity contribution is -0.384. The van der Waals surface area contributed by atoms with Gasteiger partial charge in [-0.15, -0.1) is 0 Å². The van der Waals surface area contributed by atoms with Crippen molar-refractivity contribution < 1.29 is 9.66 Å². The summed E-state index contributed by atoms with van der Waals surface area (Å²) < 4.78 is 5.72. The van der Waals surface area contributed by atoms with Crippen molar-refractivity contribution in [2.24, 2.45) is 11.3 Å². The zero-order valence-corrected chi connectivity index (χ0v) is 18.7. The third-order valence-electron chi connectivity index (χ3n) is 7.56. The molecule has 2 heterocycles. The molecule has 5 rings (SSSR count).